The monoisotopic (exact) mass is 327 g/mol. The standard InChI is InChI=1S/C11H13F4N3O2S/c12-9-2-1-3-16-10(9)21(19,20)18-6-4-17(5-7-18)8-11(13,14)15/h1-3H,4-8H2. The maximum absolute atomic E-state index is 13.5. The number of rotatable bonds is 3. The molecule has 118 valence electrons. The van der Waals surface area contributed by atoms with Gasteiger partial charge in [-0.25, -0.2) is 17.8 Å². The lowest BCUT2D eigenvalue weighted by Gasteiger charge is -2.33. The zero-order valence-corrected chi connectivity index (χ0v) is 11.7. The summed E-state index contributed by atoms with van der Waals surface area (Å²) in [6.45, 7) is -1.47. The predicted molar refractivity (Wildman–Crippen MR) is 65.4 cm³/mol. The Morgan fingerprint density at radius 2 is 1.81 bits per heavy atom. The fraction of sp³-hybridized carbons (Fsp3) is 0.545. The van der Waals surface area contributed by atoms with Crippen LogP contribution >= 0.6 is 0 Å². The van der Waals surface area contributed by atoms with Gasteiger partial charge in [0, 0.05) is 32.4 Å². The second kappa shape index (κ2) is 5.85. The summed E-state index contributed by atoms with van der Waals surface area (Å²) in [6, 6.07) is 2.23. The molecule has 0 saturated carbocycles. The lowest BCUT2D eigenvalue weighted by Crippen LogP contribution is -2.51. The number of halogens is 4. The Morgan fingerprint density at radius 3 is 2.33 bits per heavy atom. The molecule has 1 aromatic heterocycles. The molecule has 21 heavy (non-hydrogen) atoms. The van der Waals surface area contributed by atoms with E-state index in [-0.39, 0.29) is 26.2 Å². The van der Waals surface area contributed by atoms with Gasteiger partial charge in [0.1, 0.15) is 0 Å². The highest BCUT2D eigenvalue weighted by molar-refractivity contribution is 7.89. The van der Waals surface area contributed by atoms with Crippen LogP contribution in [0.3, 0.4) is 0 Å². The molecule has 0 unspecified atom stereocenters. The van der Waals surface area contributed by atoms with Crippen molar-refractivity contribution in [2.24, 2.45) is 0 Å². The maximum atomic E-state index is 13.5. The van der Waals surface area contributed by atoms with E-state index >= 15 is 0 Å². The van der Waals surface area contributed by atoms with Crippen LogP contribution in [0.2, 0.25) is 0 Å². The number of hydrogen-bond acceptors (Lipinski definition) is 4. The van der Waals surface area contributed by atoms with Crippen molar-refractivity contribution in [3.8, 4) is 0 Å². The molecule has 0 N–H and O–H groups in total. The van der Waals surface area contributed by atoms with Gasteiger partial charge in [0.15, 0.2) is 5.82 Å². The number of hydrogen-bond donors (Lipinski definition) is 0. The second-order valence-electron chi connectivity index (χ2n) is 4.59. The van der Waals surface area contributed by atoms with Crippen molar-refractivity contribution in [3.63, 3.8) is 0 Å². The van der Waals surface area contributed by atoms with Gasteiger partial charge in [-0.2, -0.15) is 17.5 Å². The minimum Gasteiger partial charge on any atom is -0.292 e. The topological polar surface area (TPSA) is 53.5 Å². The average Bonchev–Trinajstić information content (AvgIpc) is 2.37. The van der Waals surface area contributed by atoms with Crippen molar-refractivity contribution in [2.45, 2.75) is 11.2 Å². The van der Waals surface area contributed by atoms with Gasteiger partial charge >= 0.3 is 6.18 Å². The van der Waals surface area contributed by atoms with E-state index in [9.17, 15) is 26.0 Å². The smallest absolute Gasteiger partial charge is 0.292 e. The fourth-order valence-corrected chi connectivity index (χ4v) is 3.46. The van der Waals surface area contributed by atoms with Crippen LogP contribution in [0.1, 0.15) is 0 Å². The summed E-state index contributed by atoms with van der Waals surface area (Å²) in [4.78, 5) is 4.62. The van der Waals surface area contributed by atoms with Crippen LogP contribution in [-0.2, 0) is 10.0 Å². The first-order chi connectivity index (χ1) is 9.70. The van der Waals surface area contributed by atoms with Gasteiger partial charge in [-0.3, -0.25) is 4.90 Å². The number of aromatic nitrogens is 1. The molecule has 1 aliphatic heterocycles. The Hall–Kier alpha value is -1.26. The number of piperazine rings is 1. The quantitative estimate of drug-likeness (QED) is 0.780. The highest BCUT2D eigenvalue weighted by Crippen LogP contribution is 2.21. The molecule has 10 heteroatoms. The van der Waals surface area contributed by atoms with Gasteiger partial charge < -0.3 is 0 Å². The van der Waals surface area contributed by atoms with Crippen molar-refractivity contribution in [3.05, 3.63) is 24.1 Å². The first-order valence-corrected chi connectivity index (χ1v) is 7.54. The average molecular weight is 327 g/mol. The zero-order valence-electron chi connectivity index (χ0n) is 10.8. The van der Waals surface area contributed by atoms with Gasteiger partial charge in [0.05, 0.1) is 6.54 Å². The number of sulfonamides is 1. The van der Waals surface area contributed by atoms with Crippen molar-refractivity contribution >= 4 is 10.0 Å². The van der Waals surface area contributed by atoms with E-state index in [0.717, 1.165) is 21.5 Å². The van der Waals surface area contributed by atoms with E-state index in [2.05, 4.69) is 4.98 Å². The van der Waals surface area contributed by atoms with Gasteiger partial charge in [-0.05, 0) is 12.1 Å². The second-order valence-corrected chi connectivity index (χ2v) is 6.44. The Balaban J connectivity index is 2.07. The molecule has 2 heterocycles. The summed E-state index contributed by atoms with van der Waals surface area (Å²) < 4.78 is 75.6. The van der Waals surface area contributed by atoms with Crippen molar-refractivity contribution in [1.29, 1.82) is 0 Å². The molecule has 1 saturated heterocycles. The van der Waals surface area contributed by atoms with E-state index in [4.69, 9.17) is 0 Å². The molecule has 2 rings (SSSR count). The first-order valence-electron chi connectivity index (χ1n) is 6.10. The van der Waals surface area contributed by atoms with Crippen LogP contribution < -0.4 is 0 Å². The Labute approximate surface area is 119 Å². The molecule has 0 atom stereocenters. The molecule has 5 nitrogen and oxygen atoms in total. The summed E-state index contributed by atoms with van der Waals surface area (Å²) in [5.74, 6) is -0.977. The number of pyridine rings is 1. The third-order valence-corrected chi connectivity index (χ3v) is 4.88. The van der Waals surface area contributed by atoms with Crippen LogP contribution in [0, 0.1) is 5.82 Å². The van der Waals surface area contributed by atoms with Crippen LogP contribution in [0.4, 0.5) is 17.6 Å². The Bertz CT molecular complexity index is 598. The van der Waals surface area contributed by atoms with E-state index in [1.54, 1.807) is 0 Å². The van der Waals surface area contributed by atoms with Crippen molar-refractivity contribution < 1.29 is 26.0 Å². The van der Waals surface area contributed by atoms with E-state index in [1.807, 2.05) is 0 Å². The van der Waals surface area contributed by atoms with Crippen LogP contribution in [0.25, 0.3) is 0 Å². The maximum Gasteiger partial charge on any atom is 0.401 e. The van der Waals surface area contributed by atoms with Gasteiger partial charge in [0.2, 0.25) is 5.03 Å². The number of alkyl halides is 3. The van der Waals surface area contributed by atoms with E-state index in [0.29, 0.717) is 0 Å². The molecule has 0 radical (unpaired) electrons. The van der Waals surface area contributed by atoms with Crippen LogP contribution in [-0.4, -0.2) is 61.5 Å². The summed E-state index contributed by atoms with van der Waals surface area (Å²) in [5.41, 5.74) is 0. The van der Waals surface area contributed by atoms with Crippen molar-refractivity contribution in [2.75, 3.05) is 32.7 Å². The normalized spacial score (nSPS) is 18.9. The predicted octanol–water partition coefficient (Wildman–Crippen LogP) is 1.09. The molecule has 1 aromatic rings. The summed E-state index contributed by atoms with van der Waals surface area (Å²) in [5, 5.41) is -0.700. The highest BCUT2D eigenvalue weighted by atomic mass is 32.2. The third kappa shape index (κ3) is 3.89. The Kier molecular flexibility index (Phi) is 4.49. The lowest BCUT2D eigenvalue weighted by atomic mass is 10.3. The molecule has 0 spiro atoms. The Morgan fingerprint density at radius 1 is 1.19 bits per heavy atom. The van der Waals surface area contributed by atoms with Crippen LogP contribution in [0.5, 0.6) is 0 Å². The zero-order chi connectivity index (χ0) is 15.7. The third-order valence-electron chi connectivity index (χ3n) is 3.04. The molecule has 1 aliphatic rings. The largest absolute Gasteiger partial charge is 0.401 e. The summed E-state index contributed by atoms with van der Waals surface area (Å²) in [6.07, 6.45) is -3.18. The highest BCUT2D eigenvalue weighted by Gasteiger charge is 2.36. The molecule has 0 amide bonds. The summed E-state index contributed by atoms with van der Waals surface area (Å²) in [7, 11) is -4.12. The molecule has 1 fully saturated rings. The minimum atomic E-state index is -4.33. The molecular formula is C11H13F4N3O2S. The van der Waals surface area contributed by atoms with Gasteiger partial charge in [-0.1, -0.05) is 0 Å². The van der Waals surface area contributed by atoms with E-state index < -0.39 is 33.6 Å². The van der Waals surface area contributed by atoms with Gasteiger partial charge in [-0.15, -0.1) is 0 Å². The van der Waals surface area contributed by atoms with E-state index in [1.165, 1.54) is 6.07 Å². The van der Waals surface area contributed by atoms with Crippen LogP contribution in [0.15, 0.2) is 23.4 Å². The minimum absolute atomic E-state index is 0.0623. The van der Waals surface area contributed by atoms with Gasteiger partial charge in [0.25, 0.3) is 10.0 Å². The molecule has 0 aromatic carbocycles. The number of nitrogens with zero attached hydrogens (tertiary/aromatic N) is 3. The first kappa shape index (κ1) is 16.1. The molecule has 0 bridgehead atoms. The molecular weight excluding hydrogens is 314 g/mol. The van der Waals surface area contributed by atoms with Crippen molar-refractivity contribution in [1.82, 2.24) is 14.2 Å². The lowest BCUT2D eigenvalue weighted by molar-refractivity contribution is -0.148. The molecule has 0 aliphatic carbocycles. The fourth-order valence-electron chi connectivity index (χ4n) is 2.06. The summed E-state index contributed by atoms with van der Waals surface area (Å²) >= 11 is 0. The SMILES string of the molecule is O=S(=O)(c1ncccc1F)N1CCN(CC(F)(F)F)CC1.